The Bertz CT molecular complexity index is 819. The molecule has 0 atom stereocenters. The topological polar surface area (TPSA) is 71.5 Å². The number of nitrogens with zero attached hydrogens (tertiary/aromatic N) is 2. The molecule has 2 aromatic rings. The quantitative estimate of drug-likeness (QED) is 0.833. The maximum Gasteiger partial charge on any atom is 0.342 e. The summed E-state index contributed by atoms with van der Waals surface area (Å²) in [4.78, 5) is 30.6. The first-order valence-corrected chi connectivity index (χ1v) is 8.47. The van der Waals surface area contributed by atoms with Crippen LogP contribution in [0.4, 0.5) is 15.9 Å². The average molecular weight is 357 g/mol. The first-order valence-electron chi connectivity index (χ1n) is 8.47. The number of hydrogen-bond donors (Lipinski definition) is 1. The lowest BCUT2D eigenvalue weighted by molar-refractivity contribution is -0.119. The largest absolute Gasteiger partial charge is 0.452 e. The van der Waals surface area contributed by atoms with E-state index in [-0.39, 0.29) is 0 Å². The van der Waals surface area contributed by atoms with E-state index >= 15 is 0 Å². The first-order chi connectivity index (χ1) is 12.5. The van der Waals surface area contributed by atoms with Gasteiger partial charge in [-0.2, -0.15) is 0 Å². The van der Waals surface area contributed by atoms with Gasteiger partial charge in [-0.25, -0.2) is 14.2 Å². The van der Waals surface area contributed by atoms with Gasteiger partial charge in [0.05, 0.1) is 0 Å². The highest BCUT2D eigenvalue weighted by Crippen LogP contribution is 2.22. The van der Waals surface area contributed by atoms with Crippen molar-refractivity contribution in [1.29, 1.82) is 0 Å². The number of aromatic nitrogens is 1. The SMILES string of the molecule is Cc1ccc(NC(=O)COC(=O)c2cccnc2N2CCCC2)cc1F. The van der Waals surface area contributed by atoms with Gasteiger partial charge in [-0.15, -0.1) is 0 Å². The minimum Gasteiger partial charge on any atom is -0.452 e. The van der Waals surface area contributed by atoms with E-state index in [1.54, 1.807) is 37.4 Å². The maximum absolute atomic E-state index is 13.5. The minimum atomic E-state index is -0.606. The number of aryl methyl sites for hydroxylation is 1. The van der Waals surface area contributed by atoms with E-state index in [0.717, 1.165) is 25.9 Å². The number of amides is 1. The fourth-order valence-electron chi connectivity index (χ4n) is 2.81. The normalized spacial score (nSPS) is 13.5. The second-order valence-corrected chi connectivity index (χ2v) is 6.16. The molecule has 0 aliphatic carbocycles. The summed E-state index contributed by atoms with van der Waals surface area (Å²) in [6.45, 7) is 2.87. The number of hydrogen-bond acceptors (Lipinski definition) is 5. The third-order valence-corrected chi connectivity index (χ3v) is 4.20. The van der Waals surface area contributed by atoms with E-state index in [1.165, 1.54) is 6.07 Å². The van der Waals surface area contributed by atoms with Gasteiger partial charge in [0.1, 0.15) is 17.2 Å². The van der Waals surface area contributed by atoms with Crippen LogP contribution in [0.3, 0.4) is 0 Å². The van der Waals surface area contributed by atoms with Crippen molar-refractivity contribution in [3.05, 3.63) is 53.5 Å². The van der Waals surface area contributed by atoms with Gasteiger partial charge in [-0.05, 0) is 49.6 Å². The van der Waals surface area contributed by atoms with Crippen LogP contribution < -0.4 is 10.2 Å². The Morgan fingerprint density at radius 1 is 1.27 bits per heavy atom. The van der Waals surface area contributed by atoms with Crippen molar-refractivity contribution in [2.45, 2.75) is 19.8 Å². The number of rotatable bonds is 5. The Labute approximate surface area is 151 Å². The summed E-state index contributed by atoms with van der Waals surface area (Å²) in [6.07, 6.45) is 3.74. The molecule has 1 N–H and O–H groups in total. The molecule has 6 nitrogen and oxygen atoms in total. The predicted octanol–water partition coefficient (Wildman–Crippen LogP) is 2.92. The molecule has 1 amide bonds. The van der Waals surface area contributed by atoms with Crippen LogP contribution in [0.2, 0.25) is 0 Å². The van der Waals surface area contributed by atoms with Crippen LogP contribution in [0.25, 0.3) is 0 Å². The number of ether oxygens (including phenoxy) is 1. The van der Waals surface area contributed by atoms with Crippen molar-refractivity contribution in [3.63, 3.8) is 0 Å². The summed E-state index contributed by atoms with van der Waals surface area (Å²) in [5, 5.41) is 2.50. The van der Waals surface area contributed by atoms with Crippen molar-refractivity contribution in [2.75, 3.05) is 29.9 Å². The van der Waals surface area contributed by atoms with Gasteiger partial charge in [0.15, 0.2) is 6.61 Å². The van der Waals surface area contributed by atoms with Crippen LogP contribution in [0.15, 0.2) is 36.5 Å². The number of carbonyl (C=O) groups excluding carboxylic acids is 2. The van der Waals surface area contributed by atoms with Crippen molar-refractivity contribution in [2.24, 2.45) is 0 Å². The van der Waals surface area contributed by atoms with Crippen LogP contribution >= 0.6 is 0 Å². The summed E-state index contributed by atoms with van der Waals surface area (Å²) in [6, 6.07) is 7.67. The third kappa shape index (κ3) is 4.17. The maximum atomic E-state index is 13.5. The van der Waals surface area contributed by atoms with E-state index in [9.17, 15) is 14.0 Å². The summed E-state index contributed by atoms with van der Waals surface area (Å²) < 4.78 is 18.6. The van der Waals surface area contributed by atoms with Crippen LogP contribution in [0, 0.1) is 12.7 Å². The molecule has 0 radical (unpaired) electrons. The Morgan fingerprint density at radius 2 is 2.04 bits per heavy atom. The molecule has 2 heterocycles. The molecule has 0 saturated carbocycles. The first kappa shape index (κ1) is 17.8. The van der Waals surface area contributed by atoms with E-state index in [1.807, 2.05) is 4.90 Å². The predicted molar refractivity (Wildman–Crippen MR) is 95.7 cm³/mol. The smallest absolute Gasteiger partial charge is 0.342 e. The number of halogens is 1. The van der Waals surface area contributed by atoms with Gasteiger partial charge in [0, 0.05) is 25.0 Å². The second-order valence-electron chi connectivity index (χ2n) is 6.16. The standard InChI is InChI=1S/C19H20FN3O3/c1-13-6-7-14(11-16(13)20)22-17(24)12-26-19(25)15-5-4-8-21-18(15)23-9-2-3-10-23/h4-8,11H,2-3,9-10,12H2,1H3,(H,22,24). The summed E-state index contributed by atoms with van der Waals surface area (Å²) in [7, 11) is 0. The van der Waals surface area contributed by atoms with E-state index in [4.69, 9.17) is 4.74 Å². The molecule has 0 spiro atoms. The van der Waals surface area contributed by atoms with Gasteiger partial charge in [0.2, 0.25) is 0 Å². The lowest BCUT2D eigenvalue weighted by Crippen LogP contribution is -2.25. The molecule has 3 rings (SSSR count). The second kappa shape index (κ2) is 7.95. The number of nitrogens with one attached hydrogen (secondary N) is 1. The van der Waals surface area contributed by atoms with Crippen molar-refractivity contribution in [3.8, 4) is 0 Å². The fourth-order valence-corrected chi connectivity index (χ4v) is 2.81. The Balaban J connectivity index is 1.60. The Hall–Kier alpha value is -2.96. The van der Waals surface area contributed by atoms with Gasteiger partial charge in [-0.1, -0.05) is 6.07 Å². The Morgan fingerprint density at radius 3 is 2.77 bits per heavy atom. The highest BCUT2D eigenvalue weighted by Gasteiger charge is 2.22. The zero-order valence-corrected chi connectivity index (χ0v) is 14.5. The zero-order chi connectivity index (χ0) is 18.5. The molecule has 136 valence electrons. The van der Waals surface area contributed by atoms with E-state index in [2.05, 4.69) is 10.3 Å². The highest BCUT2D eigenvalue weighted by molar-refractivity contribution is 5.98. The molecule has 1 aliphatic rings. The number of anilines is 2. The van der Waals surface area contributed by atoms with Crippen LogP contribution in [-0.2, 0) is 9.53 Å². The van der Waals surface area contributed by atoms with Gasteiger partial charge < -0.3 is 15.0 Å². The number of benzene rings is 1. The molecule has 0 unspecified atom stereocenters. The molecule has 0 bridgehead atoms. The fraction of sp³-hybridized carbons (Fsp3) is 0.316. The van der Waals surface area contributed by atoms with Crippen LogP contribution in [0.5, 0.6) is 0 Å². The molecule has 1 aliphatic heterocycles. The number of pyridine rings is 1. The molecular formula is C19H20FN3O3. The van der Waals surface area contributed by atoms with E-state index in [0.29, 0.717) is 22.6 Å². The average Bonchev–Trinajstić information content (AvgIpc) is 3.17. The lowest BCUT2D eigenvalue weighted by Gasteiger charge is -2.18. The van der Waals surface area contributed by atoms with Crippen LogP contribution in [0.1, 0.15) is 28.8 Å². The molecule has 1 aromatic carbocycles. The summed E-state index contributed by atoms with van der Waals surface area (Å²) >= 11 is 0. The monoisotopic (exact) mass is 357 g/mol. The molecule has 1 saturated heterocycles. The molecule has 7 heteroatoms. The molecular weight excluding hydrogens is 337 g/mol. The lowest BCUT2D eigenvalue weighted by atomic mass is 10.2. The highest BCUT2D eigenvalue weighted by atomic mass is 19.1. The van der Waals surface area contributed by atoms with Gasteiger partial charge in [-0.3, -0.25) is 4.79 Å². The van der Waals surface area contributed by atoms with Gasteiger partial charge in [0.25, 0.3) is 5.91 Å². The Kier molecular flexibility index (Phi) is 5.46. The summed E-state index contributed by atoms with van der Waals surface area (Å²) in [5.74, 6) is -0.972. The van der Waals surface area contributed by atoms with Crippen molar-refractivity contribution in [1.82, 2.24) is 4.98 Å². The molecule has 26 heavy (non-hydrogen) atoms. The number of esters is 1. The van der Waals surface area contributed by atoms with E-state index < -0.39 is 24.3 Å². The van der Waals surface area contributed by atoms with Crippen LogP contribution in [-0.4, -0.2) is 36.6 Å². The van der Waals surface area contributed by atoms with Crippen molar-refractivity contribution >= 4 is 23.4 Å². The number of carbonyl (C=O) groups is 2. The third-order valence-electron chi connectivity index (χ3n) is 4.20. The summed E-state index contributed by atoms with van der Waals surface area (Å²) in [5.41, 5.74) is 1.14. The zero-order valence-electron chi connectivity index (χ0n) is 14.5. The van der Waals surface area contributed by atoms with Gasteiger partial charge >= 0.3 is 5.97 Å². The van der Waals surface area contributed by atoms with Crippen molar-refractivity contribution < 1.29 is 18.7 Å². The molecule has 1 aromatic heterocycles. The minimum absolute atomic E-state index is 0.313. The molecule has 1 fully saturated rings.